The molecule has 0 fully saturated rings. The van der Waals surface area contributed by atoms with E-state index < -0.39 is 6.10 Å². The standard InChI is InChI=1S/C19H40O3S/c1-2-3-4-5-9-12-15-23-16-13-10-7-6-8-11-14-22-18-19(21)17-20/h19-21H,2-18H2,1H3/t19-/m0/s1. The molecule has 0 amide bonds. The second kappa shape index (κ2) is 20.3. The third kappa shape index (κ3) is 20.2. The van der Waals surface area contributed by atoms with Gasteiger partial charge in [-0.1, -0.05) is 64.7 Å². The average Bonchev–Trinajstić information content (AvgIpc) is 2.57. The van der Waals surface area contributed by atoms with Gasteiger partial charge in [-0.05, 0) is 30.8 Å². The van der Waals surface area contributed by atoms with Crippen LogP contribution < -0.4 is 0 Å². The zero-order valence-electron chi connectivity index (χ0n) is 15.3. The summed E-state index contributed by atoms with van der Waals surface area (Å²) in [6.07, 6.45) is 15.3. The molecule has 23 heavy (non-hydrogen) atoms. The minimum atomic E-state index is -0.719. The molecule has 0 aliphatic carbocycles. The SMILES string of the molecule is CCCCCCCCSCCCCCCCCOC[C@@H](O)CO. The number of hydrogen-bond donors (Lipinski definition) is 2. The van der Waals surface area contributed by atoms with Gasteiger partial charge in [0.25, 0.3) is 0 Å². The fourth-order valence-electron chi connectivity index (χ4n) is 2.47. The lowest BCUT2D eigenvalue weighted by atomic mass is 10.1. The molecule has 0 bridgehead atoms. The molecule has 0 aliphatic rings. The molecule has 0 aromatic heterocycles. The highest BCUT2D eigenvalue weighted by Gasteiger charge is 2.00. The molecule has 3 nitrogen and oxygen atoms in total. The topological polar surface area (TPSA) is 49.7 Å². The fraction of sp³-hybridized carbons (Fsp3) is 1.00. The van der Waals surface area contributed by atoms with Crippen LogP contribution in [0.3, 0.4) is 0 Å². The average molecular weight is 349 g/mol. The van der Waals surface area contributed by atoms with Crippen LogP contribution in [0.1, 0.15) is 84.0 Å². The van der Waals surface area contributed by atoms with E-state index in [0.717, 1.165) is 6.42 Å². The van der Waals surface area contributed by atoms with Crippen LogP contribution in [0.2, 0.25) is 0 Å². The van der Waals surface area contributed by atoms with Gasteiger partial charge in [-0.2, -0.15) is 11.8 Å². The number of thioether (sulfide) groups is 1. The highest BCUT2D eigenvalue weighted by molar-refractivity contribution is 7.99. The Labute approximate surface area is 148 Å². The van der Waals surface area contributed by atoms with Crippen LogP contribution in [0.15, 0.2) is 0 Å². The number of aliphatic hydroxyl groups excluding tert-OH is 2. The summed E-state index contributed by atoms with van der Waals surface area (Å²) in [6, 6.07) is 0. The van der Waals surface area contributed by atoms with Gasteiger partial charge in [-0.25, -0.2) is 0 Å². The second-order valence-electron chi connectivity index (χ2n) is 6.41. The van der Waals surface area contributed by atoms with E-state index >= 15 is 0 Å². The maximum absolute atomic E-state index is 9.11. The maximum atomic E-state index is 9.11. The third-order valence-corrected chi connectivity index (χ3v) is 5.15. The van der Waals surface area contributed by atoms with Crippen molar-refractivity contribution in [1.29, 1.82) is 0 Å². The smallest absolute Gasteiger partial charge is 0.100 e. The largest absolute Gasteiger partial charge is 0.394 e. The van der Waals surface area contributed by atoms with E-state index in [4.69, 9.17) is 14.9 Å². The minimum absolute atomic E-state index is 0.211. The normalized spacial score (nSPS) is 12.7. The van der Waals surface area contributed by atoms with Crippen LogP contribution in [0.5, 0.6) is 0 Å². The quantitative estimate of drug-likeness (QED) is 0.330. The van der Waals surface area contributed by atoms with Crippen molar-refractivity contribution in [2.75, 3.05) is 31.3 Å². The zero-order valence-corrected chi connectivity index (χ0v) is 16.1. The Bertz CT molecular complexity index is 215. The summed E-state index contributed by atoms with van der Waals surface area (Å²) in [6.45, 7) is 3.02. The molecule has 0 aromatic rings. The van der Waals surface area contributed by atoms with Gasteiger partial charge in [0.1, 0.15) is 6.10 Å². The first-order valence-corrected chi connectivity index (χ1v) is 10.9. The second-order valence-corrected chi connectivity index (χ2v) is 7.64. The molecule has 0 aromatic carbocycles. The van der Waals surface area contributed by atoms with Gasteiger partial charge in [0.05, 0.1) is 13.2 Å². The van der Waals surface area contributed by atoms with Crippen LogP contribution >= 0.6 is 11.8 Å². The van der Waals surface area contributed by atoms with E-state index in [1.165, 1.54) is 82.1 Å². The summed E-state index contributed by atoms with van der Waals surface area (Å²) in [5.74, 6) is 2.68. The zero-order chi connectivity index (χ0) is 17.0. The molecule has 2 N–H and O–H groups in total. The lowest BCUT2D eigenvalue weighted by molar-refractivity contribution is 0.00526. The first-order valence-electron chi connectivity index (χ1n) is 9.75. The number of aliphatic hydroxyl groups is 2. The molecule has 0 unspecified atom stereocenters. The van der Waals surface area contributed by atoms with Crippen molar-refractivity contribution in [1.82, 2.24) is 0 Å². The summed E-state index contributed by atoms with van der Waals surface area (Å²) < 4.78 is 5.29. The number of ether oxygens (including phenoxy) is 1. The van der Waals surface area contributed by atoms with Gasteiger partial charge in [0.15, 0.2) is 0 Å². The van der Waals surface area contributed by atoms with Crippen LogP contribution in [0, 0.1) is 0 Å². The number of hydrogen-bond acceptors (Lipinski definition) is 4. The van der Waals surface area contributed by atoms with Gasteiger partial charge < -0.3 is 14.9 Å². The lowest BCUT2D eigenvalue weighted by Crippen LogP contribution is -2.19. The van der Waals surface area contributed by atoms with Gasteiger partial charge in [0.2, 0.25) is 0 Å². The Balaban J connectivity index is 2.97. The third-order valence-electron chi connectivity index (χ3n) is 3.99. The molecule has 0 spiro atoms. The summed E-state index contributed by atoms with van der Waals surface area (Å²) >= 11 is 2.13. The minimum Gasteiger partial charge on any atom is -0.394 e. The molecule has 0 heterocycles. The van der Waals surface area contributed by atoms with E-state index in [1.807, 2.05) is 0 Å². The summed E-state index contributed by atoms with van der Waals surface area (Å²) in [5.41, 5.74) is 0. The summed E-state index contributed by atoms with van der Waals surface area (Å²) in [4.78, 5) is 0. The van der Waals surface area contributed by atoms with Crippen molar-refractivity contribution >= 4 is 11.8 Å². The first-order chi connectivity index (χ1) is 11.3. The van der Waals surface area contributed by atoms with Crippen molar-refractivity contribution in [3.8, 4) is 0 Å². The highest BCUT2D eigenvalue weighted by Crippen LogP contribution is 2.13. The van der Waals surface area contributed by atoms with Crippen LogP contribution in [0.25, 0.3) is 0 Å². The molecular formula is C19H40O3S. The molecular weight excluding hydrogens is 308 g/mol. The Morgan fingerprint density at radius 1 is 0.783 bits per heavy atom. The van der Waals surface area contributed by atoms with E-state index in [1.54, 1.807) is 0 Å². The van der Waals surface area contributed by atoms with Gasteiger partial charge in [0, 0.05) is 6.61 Å². The van der Waals surface area contributed by atoms with Gasteiger partial charge in [-0.3, -0.25) is 0 Å². The molecule has 0 aliphatic heterocycles. The van der Waals surface area contributed by atoms with E-state index in [-0.39, 0.29) is 13.2 Å². The molecule has 4 heteroatoms. The van der Waals surface area contributed by atoms with E-state index in [0.29, 0.717) is 6.61 Å². The van der Waals surface area contributed by atoms with Crippen molar-refractivity contribution in [3.05, 3.63) is 0 Å². The molecule has 0 radical (unpaired) electrons. The monoisotopic (exact) mass is 348 g/mol. The Morgan fingerprint density at radius 3 is 1.87 bits per heavy atom. The maximum Gasteiger partial charge on any atom is 0.100 e. The van der Waals surface area contributed by atoms with Crippen molar-refractivity contribution in [2.24, 2.45) is 0 Å². The van der Waals surface area contributed by atoms with Crippen LogP contribution in [0.4, 0.5) is 0 Å². The Morgan fingerprint density at radius 2 is 1.30 bits per heavy atom. The summed E-state index contributed by atoms with van der Waals surface area (Å²) in [7, 11) is 0. The molecule has 0 rings (SSSR count). The Hall–Kier alpha value is 0.230. The van der Waals surface area contributed by atoms with E-state index in [9.17, 15) is 0 Å². The number of unbranched alkanes of at least 4 members (excludes halogenated alkanes) is 10. The highest BCUT2D eigenvalue weighted by atomic mass is 32.2. The molecule has 0 saturated heterocycles. The number of rotatable bonds is 19. The summed E-state index contributed by atoms with van der Waals surface area (Å²) in [5, 5.41) is 17.7. The van der Waals surface area contributed by atoms with Crippen LogP contribution in [-0.4, -0.2) is 47.6 Å². The molecule has 0 saturated carbocycles. The van der Waals surface area contributed by atoms with Crippen molar-refractivity contribution in [2.45, 2.75) is 90.1 Å². The fourth-order valence-corrected chi connectivity index (χ4v) is 3.49. The van der Waals surface area contributed by atoms with Crippen molar-refractivity contribution < 1.29 is 14.9 Å². The predicted octanol–water partition coefficient (Wildman–Crippen LogP) is 4.79. The molecule has 140 valence electrons. The van der Waals surface area contributed by atoms with E-state index in [2.05, 4.69) is 18.7 Å². The van der Waals surface area contributed by atoms with Gasteiger partial charge in [-0.15, -0.1) is 0 Å². The predicted molar refractivity (Wildman–Crippen MR) is 102 cm³/mol. The van der Waals surface area contributed by atoms with Gasteiger partial charge >= 0.3 is 0 Å². The van der Waals surface area contributed by atoms with Crippen LogP contribution in [-0.2, 0) is 4.74 Å². The Kier molecular flexibility index (Phi) is 20.5. The molecule has 1 atom stereocenters. The van der Waals surface area contributed by atoms with Crippen molar-refractivity contribution in [3.63, 3.8) is 0 Å². The first kappa shape index (κ1) is 23.2. The lowest BCUT2D eigenvalue weighted by Gasteiger charge is -2.08.